The molecule has 27 heavy (non-hydrogen) atoms. The predicted molar refractivity (Wildman–Crippen MR) is 92.1 cm³/mol. The molecule has 0 amide bonds. The number of hydrogen-bond acceptors (Lipinski definition) is 5. The highest BCUT2D eigenvalue weighted by Gasteiger charge is 2.31. The van der Waals surface area contributed by atoms with Crippen LogP contribution in [-0.2, 0) is 12.7 Å². The van der Waals surface area contributed by atoms with Gasteiger partial charge in [-0.1, -0.05) is 11.6 Å². The maximum absolute atomic E-state index is 13.0. The minimum atomic E-state index is -4.52. The summed E-state index contributed by atoms with van der Waals surface area (Å²) in [5.74, 6) is -0.598. The fourth-order valence-corrected chi connectivity index (χ4v) is 2.94. The number of aromatic nitrogens is 1. The zero-order valence-corrected chi connectivity index (χ0v) is 14.3. The Labute approximate surface area is 155 Å². The first-order valence-electron chi connectivity index (χ1n) is 7.57. The summed E-state index contributed by atoms with van der Waals surface area (Å²) in [6, 6.07) is 6.80. The molecule has 142 valence electrons. The molecule has 0 saturated heterocycles. The fraction of sp³-hybridized carbons (Fsp3) is 0.118. The van der Waals surface area contributed by atoms with Gasteiger partial charge in [-0.15, -0.1) is 5.23 Å². The van der Waals surface area contributed by atoms with Gasteiger partial charge in [0.1, 0.15) is 5.69 Å². The van der Waals surface area contributed by atoms with Crippen LogP contribution in [0.25, 0.3) is 10.9 Å². The molecule has 0 aliphatic carbocycles. The van der Waals surface area contributed by atoms with Gasteiger partial charge in [0.25, 0.3) is 5.91 Å². The van der Waals surface area contributed by atoms with Crippen molar-refractivity contribution < 1.29 is 28.4 Å². The molecule has 0 bridgehead atoms. The van der Waals surface area contributed by atoms with Crippen molar-refractivity contribution in [3.8, 4) is 0 Å². The third-order valence-electron chi connectivity index (χ3n) is 4.06. The van der Waals surface area contributed by atoms with E-state index in [4.69, 9.17) is 27.7 Å². The smallest absolute Gasteiger partial charge is 0.326 e. The number of carbonyl (C=O) groups is 1. The van der Waals surface area contributed by atoms with Gasteiger partial charge in [-0.25, -0.2) is 0 Å². The van der Waals surface area contributed by atoms with Gasteiger partial charge in [0.15, 0.2) is 0 Å². The summed E-state index contributed by atoms with van der Waals surface area (Å²) in [5.41, 5.74) is 5.20. The number of carbonyl (C=O) groups excluding carboxylic acids is 1. The van der Waals surface area contributed by atoms with Crippen molar-refractivity contribution >= 4 is 34.1 Å². The number of alkyl halides is 3. The molecule has 2 aromatic carbocycles. The van der Waals surface area contributed by atoms with Gasteiger partial charge in [-0.2, -0.15) is 13.2 Å². The number of halogens is 4. The van der Waals surface area contributed by atoms with Crippen molar-refractivity contribution in [1.29, 1.82) is 0 Å². The van der Waals surface area contributed by atoms with E-state index in [0.717, 1.165) is 22.8 Å². The van der Waals surface area contributed by atoms with Crippen molar-refractivity contribution in [3.63, 3.8) is 0 Å². The number of benzene rings is 2. The van der Waals surface area contributed by atoms with Crippen LogP contribution in [-0.4, -0.2) is 20.9 Å². The van der Waals surface area contributed by atoms with Crippen LogP contribution >= 0.6 is 11.6 Å². The van der Waals surface area contributed by atoms with E-state index in [1.807, 2.05) is 0 Å². The van der Waals surface area contributed by atoms with Gasteiger partial charge in [0, 0.05) is 23.7 Å². The molecular formula is C17H13ClF3N3O3. The van der Waals surface area contributed by atoms with E-state index in [1.165, 1.54) is 24.4 Å². The average Bonchev–Trinajstić information content (AvgIpc) is 2.98. The molecule has 0 spiro atoms. The molecule has 0 radical (unpaired) electrons. The lowest BCUT2D eigenvalue weighted by Gasteiger charge is -2.12. The first-order valence-corrected chi connectivity index (χ1v) is 7.94. The Hall–Kier alpha value is -2.59. The maximum Gasteiger partial charge on any atom is 0.416 e. The summed E-state index contributed by atoms with van der Waals surface area (Å²) in [7, 11) is 0. The highest BCUT2D eigenvalue weighted by molar-refractivity contribution is 6.33. The zero-order chi connectivity index (χ0) is 19.9. The highest BCUT2D eigenvalue weighted by atomic mass is 35.5. The molecule has 0 aliphatic heterocycles. The first-order chi connectivity index (χ1) is 12.6. The topological polar surface area (TPSA) is 91.7 Å². The number of nitrogens with zero attached hydrogens (tertiary/aromatic N) is 2. The van der Waals surface area contributed by atoms with Crippen LogP contribution in [0, 0.1) is 0 Å². The monoisotopic (exact) mass is 399 g/mol. The van der Waals surface area contributed by atoms with E-state index < -0.39 is 17.6 Å². The van der Waals surface area contributed by atoms with E-state index >= 15 is 0 Å². The minimum absolute atomic E-state index is 0.00798. The van der Waals surface area contributed by atoms with Crippen LogP contribution in [0.4, 0.5) is 18.9 Å². The Kier molecular flexibility index (Phi) is 4.87. The van der Waals surface area contributed by atoms with Crippen LogP contribution in [0.15, 0.2) is 42.6 Å². The molecule has 0 atom stereocenters. The summed E-state index contributed by atoms with van der Waals surface area (Å²) >= 11 is 5.82. The highest BCUT2D eigenvalue weighted by Crippen LogP contribution is 2.33. The van der Waals surface area contributed by atoms with E-state index in [1.54, 1.807) is 0 Å². The Bertz CT molecular complexity index is 1030. The quantitative estimate of drug-likeness (QED) is 0.578. The lowest BCUT2D eigenvalue weighted by atomic mass is 10.1. The van der Waals surface area contributed by atoms with Crippen LogP contribution in [0.2, 0.25) is 5.02 Å². The lowest BCUT2D eigenvalue weighted by molar-refractivity contribution is -0.137. The number of anilines is 1. The molecular weight excluding hydrogens is 387 g/mol. The summed E-state index contributed by atoms with van der Waals surface area (Å²) in [4.78, 5) is 12.8. The predicted octanol–water partition coefficient (Wildman–Crippen LogP) is 4.05. The van der Waals surface area contributed by atoms with Crippen molar-refractivity contribution in [2.75, 3.05) is 5.23 Å². The molecule has 1 aromatic heterocycles. The fourth-order valence-electron chi connectivity index (χ4n) is 2.74. The molecule has 3 rings (SSSR count). The van der Waals surface area contributed by atoms with E-state index in [9.17, 15) is 18.0 Å². The summed E-state index contributed by atoms with van der Waals surface area (Å²) in [6.07, 6.45) is -3.17. The third kappa shape index (κ3) is 3.50. The molecule has 0 fully saturated rings. The van der Waals surface area contributed by atoms with Gasteiger partial charge < -0.3 is 5.73 Å². The molecule has 3 aromatic rings. The molecule has 1 heterocycles. The largest absolute Gasteiger partial charge is 0.416 e. The lowest BCUT2D eigenvalue weighted by Crippen LogP contribution is -2.15. The number of nitrogens with two attached hydrogens (primary N) is 1. The van der Waals surface area contributed by atoms with Crippen molar-refractivity contribution in [2.45, 2.75) is 12.7 Å². The summed E-state index contributed by atoms with van der Waals surface area (Å²) in [5, 5.41) is 18.3. The maximum atomic E-state index is 13.0. The average molecular weight is 400 g/mol. The molecule has 10 heteroatoms. The second-order valence-corrected chi connectivity index (χ2v) is 6.13. The molecule has 0 saturated carbocycles. The van der Waals surface area contributed by atoms with Crippen LogP contribution in [0.5, 0.6) is 0 Å². The first kappa shape index (κ1) is 19.2. The second kappa shape index (κ2) is 6.86. The zero-order valence-electron chi connectivity index (χ0n) is 13.5. The minimum Gasteiger partial charge on any atom is -0.326 e. The molecule has 0 aliphatic rings. The van der Waals surface area contributed by atoms with E-state index in [-0.39, 0.29) is 38.9 Å². The van der Waals surface area contributed by atoms with Gasteiger partial charge in [0.2, 0.25) is 0 Å². The van der Waals surface area contributed by atoms with Crippen molar-refractivity contribution in [1.82, 2.24) is 4.57 Å². The Morgan fingerprint density at radius 1 is 1.19 bits per heavy atom. The third-order valence-corrected chi connectivity index (χ3v) is 4.38. The van der Waals surface area contributed by atoms with Gasteiger partial charge in [0.05, 0.1) is 16.1 Å². The van der Waals surface area contributed by atoms with Gasteiger partial charge in [-0.05, 0) is 42.0 Å². The van der Waals surface area contributed by atoms with Crippen molar-refractivity contribution in [2.24, 2.45) is 5.73 Å². The Morgan fingerprint density at radius 2 is 1.89 bits per heavy atom. The van der Waals surface area contributed by atoms with Gasteiger partial charge >= 0.3 is 6.18 Å². The summed E-state index contributed by atoms with van der Waals surface area (Å²) in [6.45, 7) is -0.0645. The number of rotatable bonds is 3. The van der Waals surface area contributed by atoms with E-state index in [0.29, 0.717) is 5.56 Å². The SMILES string of the molecule is NCc1cn(C(=O)c2ccc(Cl)c(N(O)O)c2)c2ccc(C(F)(F)F)cc12. The standard InChI is InChI=1S/C17H13ClF3N3O3/c18-13-3-1-9(5-15(13)24(26)27)16(25)23-8-10(7-22)12-6-11(17(19,20)21)2-4-14(12)23/h1-6,8,26-27H,7,22H2. The van der Waals surface area contributed by atoms with Crippen molar-refractivity contribution in [3.05, 3.63) is 64.3 Å². The van der Waals surface area contributed by atoms with Gasteiger partial charge in [-0.3, -0.25) is 19.8 Å². The van der Waals surface area contributed by atoms with Crippen LogP contribution in [0.1, 0.15) is 21.5 Å². The molecule has 6 nitrogen and oxygen atoms in total. The number of fused-ring (bicyclic) bond motifs is 1. The molecule has 4 N–H and O–H groups in total. The normalized spacial score (nSPS) is 11.8. The Morgan fingerprint density at radius 3 is 2.48 bits per heavy atom. The number of hydrogen-bond donors (Lipinski definition) is 3. The second-order valence-electron chi connectivity index (χ2n) is 5.72. The van der Waals surface area contributed by atoms with Crippen LogP contribution < -0.4 is 11.0 Å². The molecule has 0 unspecified atom stereocenters. The summed E-state index contributed by atoms with van der Waals surface area (Å²) < 4.78 is 40.1. The Balaban J connectivity index is 2.14. The van der Waals surface area contributed by atoms with E-state index in [2.05, 4.69) is 0 Å². The van der Waals surface area contributed by atoms with Crippen LogP contribution in [0.3, 0.4) is 0 Å².